The molecule has 132 valence electrons. The maximum atomic E-state index is 13.0. The lowest BCUT2D eigenvalue weighted by Crippen LogP contribution is -2.43. The minimum absolute atomic E-state index is 0.0879. The van der Waals surface area contributed by atoms with Gasteiger partial charge in [0.05, 0.1) is 13.2 Å². The molecule has 1 fully saturated rings. The van der Waals surface area contributed by atoms with Crippen molar-refractivity contribution < 1.29 is 14.1 Å². The van der Waals surface area contributed by atoms with Gasteiger partial charge in [-0.15, -0.1) is 0 Å². The van der Waals surface area contributed by atoms with Gasteiger partial charge in [-0.05, 0) is 19.3 Å². The second-order valence-corrected chi connectivity index (χ2v) is 6.29. The maximum absolute atomic E-state index is 13.0. The molecule has 1 aliphatic carbocycles. The molecule has 0 radical (unpaired) electrons. The third-order valence-corrected chi connectivity index (χ3v) is 4.77. The van der Waals surface area contributed by atoms with Crippen LogP contribution in [0.25, 0.3) is 0 Å². The molecule has 1 amide bonds. The highest BCUT2D eigenvalue weighted by Crippen LogP contribution is 2.28. The van der Waals surface area contributed by atoms with E-state index in [2.05, 4.69) is 20.4 Å². The summed E-state index contributed by atoms with van der Waals surface area (Å²) in [4.78, 5) is 23.4. The number of hydrogen-bond donors (Lipinski definition) is 1. The number of carbonyl (C=O) groups is 1. The van der Waals surface area contributed by atoms with Gasteiger partial charge in [0.25, 0.3) is 5.91 Å². The van der Waals surface area contributed by atoms with Gasteiger partial charge in [0, 0.05) is 38.0 Å². The molecule has 2 aliphatic rings. The van der Waals surface area contributed by atoms with Crippen LogP contribution in [0.4, 0.5) is 5.82 Å². The Morgan fingerprint density at radius 2 is 2.12 bits per heavy atom. The fraction of sp³-hybridized carbons (Fsp3) is 0.529. The van der Waals surface area contributed by atoms with Crippen molar-refractivity contribution in [1.29, 1.82) is 0 Å². The van der Waals surface area contributed by atoms with Crippen LogP contribution in [-0.2, 0) is 17.6 Å². The molecule has 8 nitrogen and oxygen atoms in total. The standard InChI is InChI=1S/C17H21N5O3/c1-18-16-15(19-6-7-20-16)13-10-22(8-9-24-13)17(23)14-11-4-2-3-5-12(11)25-21-14/h6-7,13H,2-5,8-10H2,1H3,(H,18,20). The van der Waals surface area contributed by atoms with E-state index >= 15 is 0 Å². The fourth-order valence-corrected chi connectivity index (χ4v) is 3.48. The van der Waals surface area contributed by atoms with Crippen molar-refractivity contribution in [3.05, 3.63) is 35.1 Å². The monoisotopic (exact) mass is 343 g/mol. The molecule has 0 spiro atoms. The first-order chi connectivity index (χ1) is 12.3. The summed E-state index contributed by atoms with van der Waals surface area (Å²) in [5.74, 6) is 1.45. The van der Waals surface area contributed by atoms with Gasteiger partial charge in [-0.25, -0.2) is 4.98 Å². The summed E-state index contributed by atoms with van der Waals surface area (Å²) >= 11 is 0. The number of nitrogens with one attached hydrogen (secondary N) is 1. The lowest BCUT2D eigenvalue weighted by atomic mass is 9.96. The van der Waals surface area contributed by atoms with Crippen LogP contribution in [0.5, 0.6) is 0 Å². The Morgan fingerprint density at radius 1 is 1.28 bits per heavy atom. The second kappa shape index (κ2) is 6.79. The zero-order valence-electron chi connectivity index (χ0n) is 14.2. The normalized spacial score (nSPS) is 20.2. The second-order valence-electron chi connectivity index (χ2n) is 6.29. The Bertz CT molecular complexity index is 775. The molecule has 4 rings (SSSR count). The summed E-state index contributed by atoms with van der Waals surface area (Å²) in [6.07, 6.45) is 6.85. The predicted octanol–water partition coefficient (Wildman–Crippen LogP) is 1.60. The third kappa shape index (κ3) is 2.97. The SMILES string of the molecule is CNc1nccnc1C1CN(C(=O)c2noc3c2CCCC3)CCO1. The number of nitrogens with zero attached hydrogens (tertiary/aromatic N) is 4. The van der Waals surface area contributed by atoms with Crippen LogP contribution in [0.15, 0.2) is 16.9 Å². The van der Waals surface area contributed by atoms with E-state index in [1.54, 1.807) is 24.3 Å². The highest BCUT2D eigenvalue weighted by molar-refractivity contribution is 5.94. The van der Waals surface area contributed by atoms with Gasteiger partial charge in [0.1, 0.15) is 23.4 Å². The van der Waals surface area contributed by atoms with Gasteiger partial charge in [-0.3, -0.25) is 9.78 Å². The summed E-state index contributed by atoms with van der Waals surface area (Å²) in [5.41, 5.74) is 2.16. The molecule has 0 saturated carbocycles. The molecular weight excluding hydrogens is 322 g/mol. The third-order valence-electron chi connectivity index (χ3n) is 4.77. The number of morpholine rings is 1. The van der Waals surface area contributed by atoms with Crippen molar-refractivity contribution in [3.8, 4) is 0 Å². The highest BCUT2D eigenvalue weighted by atomic mass is 16.5. The van der Waals surface area contributed by atoms with Crippen LogP contribution in [0.3, 0.4) is 0 Å². The summed E-state index contributed by atoms with van der Waals surface area (Å²) in [7, 11) is 1.79. The smallest absolute Gasteiger partial charge is 0.276 e. The number of ether oxygens (including phenoxy) is 1. The van der Waals surface area contributed by atoms with Gasteiger partial charge < -0.3 is 19.5 Å². The number of rotatable bonds is 3. The Balaban J connectivity index is 1.55. The molecule has 1 unspecified atom stereocenters. The number of aromatic nitrogens is 3. The van der Waals surface area contributed by atoms with Gasteiger partial charge in [-0.2, -0.15) is 0 Å². The fourth-order valence-electron chi connectivity index (χ4n) is 3.48. The molecule has 1 atom stereocenters. The summed E-state index contributed by atoms with van der Waals surface area (Å²) in [5, 5.41) is 7.08. The van der Waals surface area contributed by atoms with Gasteiger partial charge >= 0.3 is 0 Å². The molecule has 1 aliphatic heterocycles. The van der Waals surface area contributed by atoms with Crippen molar-refractivity contribution >= 4 is 11.7 Å². The molecule has 0 aromatic carbocycles. The van der Waals surface area contributed by atoms with Crippen molar-refractivity contribution in [2.45, 2.75) is 31.8 Å². The Morgan fingerprint density at radius 3 is 3.00 bits per heavy atom. The Labute approximate surface area is 145 Å². The van der Waals surface area contributed by atoms with E-state index in [0.717, 1.165) is 37.0 Å². The Hall–Kier alpha value is -2.48. The summed E-state index contributed by atoms with van der Waals surface area (Å²) in [6, 6.07) is 0. The van der Waals surface area contributed by atoms with Crippen molar-refractivity contribution in [2.24, 2.45) is 0 Å². The van der Waals surface area contributed by atoms with Crippen molar-refractivity contribution in [2.75, 3.05) is 32.1 Å². The van der Waals surface area contributed by atoms with E-state index in [0.29, 0.717) is 36.9 Å². The van der Waals surface area contributed by atoms with E-state index in [9.17, 15) is 4.79 Å². The zero-order valence-corrected chi connectivity index (χ0v) is 14.2. The van der Waals surface area contributed by atoms with Gasteiger partial charge in [0.2, 0.25) is 0 Å². The number of hydrogen-bond acceptors (Lipinski definition) is 7. The van der Waals surface area contributed by atoms with Gasteiger partial charge in [0.15, 0.2) is 5.69 Å². The molecule has 1 N–H and O–H groups in total. The quantitative estimate of drug-likeness (QED) is 0.904. The average Bonchev–Trinajstić information content (AvgIpc) is 3.11. The van der Waals surface area contributed by atoms with E-state index in [1.165, 1.54) is 0 Å². The predicted molar refractivity (Wildman–Crippen MR) is 89.3 cm³/mol. The first kappa shape index (κ1) is 16.0. The number of carbonyl (C=O) groups excluding carboxylic acids is 1. The molecule has 3 heterocycles. The summed E-state index contributed by atoms with van der Waals surface area (Å²) in [6.45, 7) is 1.41. The van der Waals surface area contributed by atoms with Crippen LogP contribution < -0.4 is 5.32 Å². The van der Waals surface area contributed by atoms with E-state index in [1.807, 2.05) is 0 Å². The van der Waals surface area contributed by atoms with E-state index in [4.69, 9.17) is 9.26 Å². The number of anilines is 1. The lowest BCUT2D eigenvalue weighted by molar-refractivity contribution is -0.0248. The van der Waals surface area contributed by atoms with Crippen molar-refractivity contribution in [3.63, 3.8) is 0 Å². The first-order valence-electron chi connectivity index (χ1n) is 8.65. The topological polar surface area (TPSA) is 93.4 Å². The molecule has 1 saturated heterocycles. The molecule has 8 heteroatoms. The lowest BCUT2D eigenvalue weighted by Gasteiger charge is -2.32. The minimum Gasteiger partial charge on any atom is -0.372 e. The average molecular weight is 343 g/mol. The molecule has 2 aromatic heterocycles. The van der Waals surface area contributed by atoms with Crippen LogP contribution in [0.2, 0.25) is 0 Å². The molecular formula is C17H21N5O3. The number of aryl methyl sites for hydroxylation is 1. The number of fused-ring (bicyclic) bond motifs is 1. The largest absolute Gasteiger partial charge is 0.372 e. The first-order valence-corrected chi connectivity index (χ1v) is 8.65. The highest BCUT2D eigenvalue weighted by Gasteiger charge is 2.32. The Kier molecular flexibility index (Phi) is 4.35. The maximum Gasteiger partial charge on any atom is 0.276 e. The van der Waals surface area contributed by atoms with Gasteiger partial charge in [-0.1, -0.05) is 5.16 Å². The van der Waals surface area contributed by atoms with Crippen LogP contribution >= 0.6 is 0 Å². The molecule has 2 aromatic rings. The van der Waals surface area contributed by atoms with E-state index in [-0.39, 0.29) is 12.0 Å². The summed E-state index contributed by atoms with van der Waals surface area (Å²) < 4.78 is 11.2. The van der Waals surface area contributed by atoms with E-state index < -0.39 is 0 Å². The molecule has 0 bridgehead atoms. The van der Waals surface area contributed by atoms with Crippen LogP contribution in [-0.4, -0.2) is 52.7 Å². The molecule has 25 heavy (non-hydrogen) atoms. The van der Waals surface area contributed by atoms with Crippen LogP contribution in [0, 0.1) is 0 Å². The van der Waals surface area contributed by atoms with Crippen LogP contribution in [0.1, 0.15) is 46.5 Å². The number of amides is 1. The zero-order chi connectivity index (χ0) is 17.2. The minimum atomic E-state index is -0.309. The van der Waals surface area contributed by atoms with Crippen molar-refractivity contribution in [1.82, 2.24) is 20.0 Å².